The first-order chi connectivity index (χ1) is 7.69. The van der Waals surface area contributed by atoms with Gasteiger partial charge in [-0.1, -0.05) is 29.8 Å². The number of halogens is 1. The second-order valence-electron chi connectivity index (χ2n) is 3.66. The summed E-state index contributed by atoms with van der Waals surface area (Å²) in [4.78, 5) is 10.4. The van der Waals surface area contributed by atoms with Gasteiger partial charge in [-0.3, -0.25) is 0 Å². The maximum Gasteiger partial charge on any atom is 0.126 e. The minimum Gasteiger partial charge on any atom is -0.207 e. The molecule has 0 aliphatic heterocycles. The minimum atomic E-state index is -0.450. The lowest BCUT2D eigenvalue weighted by Gasteiger charge is -2.03. The van der Waals surface area contributed by atoms with Crippen LogP contribution in [0.1, 0.15) is 5.56 Å². The second kappa shape index (κ2) is 4.23. The predicted octanol–water partition coefficient (Wildman–Crippen LogP) is 4.20. The molecule has 2 aromatic rings. The van der Waals surface area contributed by atoms with E-state index in [9.17, 15) is 9.30 Å². The van der Waals surface area contributed by atoms with Crippen LogP contribution in [-0.2, 0) is 0 Å². The molecular formula is C13H10FNO. The minimum absolute atomic E-state index is 0.108. The van der Waals surface area contributed by atoms with Crippen LogP contribution in [0.15, 0.2) is 47.6 Å². The lowest BCUT2D eigenvalue weighted by molar-refractivity contribution is 0.628. The molecule has 0 aliphatic rings. The number of hydrogen-bond donors (Lipinski definition) is 0. The van der Waals surface area contributed by atoms with E-state index >= 15 is 0 Å². The van der Waals surface area contributed by atoms with Gasteiger partial charge in [0.1, 0.15) is 11.5 Å². The molecule has 0 radical (unpaired) electrons. The number of nitrogens with zero attached hydrogens (tertiary/aromatic N) is 1. The van der Waals surface area contributed by atoms with Crippen LogP contribution in [-0.4, -0.2) is 0 Å². The van der Waals surface area contributed by atoms with Gasteiger partial charge in [0.2, 0.25) is 0 Å². The summed E-state index contributed by atoms with van der Waals surface area (Å²) in [6.45, 7) is 1.96. The molecule has 0 unspecified atom stereocenters. The van der Waals surface area contributed by atoms with Crippen molar-refractivity contribution >= 4 is 5.69 Å². The summed E-state index contributed by atoms with van der Waals surface area (Å²) in [5.41, 5.74) is 2.74. The zero-order valence-electron chi connectivity index (χ0n) is 8.77. The Labute approximate surface area is 92.7 Å². The highest BCUT2D eigenvalue weighted by molar-refractivity contribution is 5.67. The van der Waals surface area contributed by atoms with Crippen LogP contribution in [0, 0.1) is 17.6 Å². The smallest absolute Gasteiger partial charge is 0.126 e. The van der Waals surface area contributed by atoms with Gasteiger partial charge in [-0.2, -0.15) is 0 Å². The summed E-state index contributed by atoms with van der Waals surface area (Å²) in [6, 6.07) is 11.7. The maximum atomic E-state index is 13.2. The zero-order valence-corrected chi connectivity index (χ0v) is 8.77. The molecule has 0 amide bonds. The molecule has 0 N–H and O–H groups in total. The highest BCUT2D eigenvalue weighted by atomic mass is 19.1. The van der Waals surface area contributed by atoms with Gasteiger partial charge in [0.05, 0.1) is 0 Å². The molecular weight excluding hydrogens is 205 g/mol. The van der Waals surface area contributed by atoms with Crippen LogP contribution >= 0.6 is 0 Å². The second-order valence-corrected chi connectivity index (χ2v) is 3.66. The van der Waals surface area contributed by atoms with Crippen molar-refractivity contribution in [3.05, 3.63) is 58.8 Å². The van der Waals surface area contributed by atoms with Crippen LogP contribution in [0.25, 0.3) is 11.1 Å². The Morgan fingerprint density at radius 3 is 2.56 bits per heavy atom. The number of benzene rings is 2. The third-order valence-electron chi connectivity index (χ3n) is 2.34. The molecule has 2 nitrogen and oxygen atoms in total. The summed E-state index contributed by atoms with van der Waals surface area (Å²) < 4.78 is 13.2. The monoisotopic (exact) mass is 215 g/mol. The van der Waals surface area contributed by atoms with E-state index in [1.54, 1.807) is 6.07 Å². The number of nitroso groups, excluding NO2 is 1. The fraction of sp³-hybridized carbons (Fsp3) is 0.0769. The number of hydrogen-bond acceptors (Lipinski definition) is 2. The summed E-state index contributed by atoms with van der Waals surface area (Å²) in [5, 5.41) is 2.75. The van der Waals surface area contributed by atoms with Gasteiger partial charge in [-0.15, -0.1) is 4.91 Å². The fourth-order valence-electron chi connectivity index (χ4n) is 1.62. The van der Waals surface area contributed by atoms with E-state index in [0.717, 1.165) is 17.2 Å². The highest BCUT2D eigenvalue weighted by Crippen LogP contribution is 2.26. The summed E-state index contributed by atoms with van der Waals surface area (Å²) in [5.74, 6) is -0.450. The quantitative estimate of drug-likeness (QED) is 0.690. The lowest BCUT2D eigenvalue weighted by atomic mass is 10.0. The topological polar surface area (TPSA) is 29.4 Å². The van der Waals surface area contributed by atoms with Crippen LogP contribution < -0.4 is 0 Å². The summed E-state index contributed by atoms with van der Waals surface area (Å²) in [7, 11) is 0. The Balaban J connectivity index is 2.55. The SMILES string of the molecule is Cc1cccc(-c2cc(F)cc(N=O)c2)c1. The van der Waals surface area contributed by atoms with Gasteiger partial charge in [0.15, 0.2) is 0 Å². The molecule has 0 heterocycles. The van der Waals surface area contributed by atoms with E-state index in [1.807, 2.05) is 31.2 Å². The zero-order chi connectivity index (χ0) is 11.5. The van der Waals surface area contributed by atoms with E-state index in [0.29, 0.717) is 5.56 Å². The van der Waals surface area contributed by atoms with Gasteiger partial charge < -0.3 is 0 Å². The van der Waals surface area contributed by atoms with Crippen molar-refractivity contribution in [2.75, 3.05) is 0 Å². The molecule has 16 heavy (non-hydrogen) atoms. The van der Waals surface area contributed by atoms with Crippen LogP contribution in [0.5, 0.6) is 0 Å². The molecule has 0 saturated heterocycles. The Bertz CT molecular complexity index is 537. The van der Waals surface area contributed by atoms with Crippen molar-refractivity contribution < 1.29 is 4.39 Å². The average Bonchev–Trinajstić information content (AvgIpc) is 2.28. The molecule has 2 rings (SSSR count). The molecule has 80 valence electrons. The van der Waals surface area contributed by atoms with E-state index in [4.69, 9.17) is 0 Å². The van der Waals surface area contributed by atoms with Gasteiger partial charge in [-0.25, -0.2) is 4.39 Å². The van der Waals surface area contributed by atoms with Crippen molar-refractivity contribution in [3.63, 3.8) is 0 Å². The van der Waals surface area contributed by atoms with E-state index in [1.165, 1.54) is 6.07 Å². The average molecular weight is 215 g/mol. The van der Waals surface area contributed by atoms with E-state index in [-0.39, 0.29) is 5.69 Å². The summed E-state index contributed by atoms with van der Waals surface area (Å²) in [6.07, 6.45) is 0. The van der Waals surface area contributed by atoms with Crippen molar-refractivity contribution in [2.45, 2.75) is 6.92 Å². The Kier molecular flexibility index (Phi) is 2.77. The molecule has 2 aromatic carbocycles. The van der Waals surface area contributed by atoms with Gasteiger partial charge in [0, 0.05) is 6.07 Å². The molecule has 0 spiro atoms. The molecule has 0 saturated carbocycles. The van der Waals surface area contributed by atoms with Crippen molar-refractivity contribution in [2.24, 2.45) is 5.18 Å². The maximum absolute atomic E-state index is 13.2. The van der Waals surface area contributed by atoms with Crippen LogP contribution in [0.3, 0.4) is 0 Å². The van der Waals surface area contributed by atoms with Crippen LogP contribution in [0.4, 0.5) is 10.1 Å². The fourth-order valence-corrected chi connectivity index (χ4v) is 1.62. The molecule has 0 atom stereocenters. The third kappa shape index (κ3) is 2.14. The van der Waals surface area contributed by atoms with Gasteiger partial charge >= 0.3 is 0 Å². The third-order valence-corrected chi connectivity index (χ3v) is 2.34. The Hall–Kier alpha value is -2.03. The van der Waals surface area contributed by atoms with Gasteiger partial charge in [0.25, 0.3) is 0 Å². The molecule has 3 heteroatoms. The predicted molar refractivity (Wildman–Crippen MR) is 62.0 cm³/mol. The van der Waals surface area contributed by atoms with Gasteiger partial charge in [-0.05, 0) is 35.4 Å². The van der Waals surface area contributed by atoms with Crippen molar-refractivity contribution in [1.29, 1.82) is 0 Å². The van der Waals surface area contributed by atoms with Crippen molar-refractivity contribution in [3.8, 4) is 11.1 Å². The standard InChI is InChI=1S/C13H10FNO/c1-9-3-2-4-10(5-9)11-6-12(14)8-13(7-11)15-16/h2-8H,1H3. The first-order valence-corrected chi connectivity index (χ1v) is 4.90. The first kappa shape index (κ1) is 10.5. The first-order valence-electron chi connectivity index (χ1n) is 4.90. The summed E-state index contributed by atoms with van der Waals surface area (Å²) >= 11 is 0. The number of rotatable bonds is 2. The molecule has 0 bridgehead atoms. The van der Waals surface area contributed by atoms with E-state index < -0.39 is 5.82 Å². The van der Waals surface area contributed by atoms with E-state index in [2.05, 4.69) is 5.18 Å². The number of aryl methyl sites for hydroxylation is 1. The van der Waals surface area contributed by atoms with Crippen molar-refractivity contribution in [1.82, 2.24) is 0 Å². The largest absolute Gasteiger partial charge is 0.207 e. The van der Waals surface area contributed by atoms with Crippen LogP contribution in [0.2, 0.25) is 0 Å². The molecule has 0 aliphatic carbocycles. The Morgan fingerprint density at radius 2 is 1.88 bits per heavy atom. The molecule has 0 fully saturated rings. The molecule has 0 aromatic heterocycles. The lowest BCUT2D eigenvalue weighted by Crippen LogP contribution is -1.81. The normalized spacial score (nSPS) is 10.1. The highest BCUT2D eigenvalue weighted by Gasteiger charge is 2.03. The Morgan fingerprint density at radius 1 is 1.06 bits per heavy atom.